The SMILES string of the molecule is C/C=C/C(F)c1cc(C(=O)CCCc2ccc(O)cc2NC2CC2)cnn1. The fourth-order valence-corrected chi connectivity index (χ4v) is 2.89. The Balaban J connectivity index is 1.59. The maximum Gasteiger partial charge on any atom is 0.164 e. The zero-order valence-corrected chi connectivity index (χ0v) is 15.4. The standard InChI is InChI=1S/C21H24FN3O2/c1-2-4-18(22)20-11-15(13-23-25-20)21(27)6-3-5-14-7-10-17(26)12-19(14)24-16-8-9-16/h2,4,7,10-13,16,18,24,26H,3,5-6,8-9H2,1H3/b4-2+. The van der Waals surface area contributed by atoms with Crippen LogP contribution in [0.5, 0.6) is 5.75 Å². The van der Waals surface area contributed by atoms with Gasteiger partial charge in [-0.05, 0) is 56.4 Å². The Morgan fingerprint density at radius 1 is 1.41 bits per heavy atom. The first kappa shape index (κ1) is 19.0. The van der Waals surface area contributed by atoms with Crippen molar-refractivity contribution < 1.29 is 14.3 Å². The summed E-state index contributed by atoms with van der Waals surface area (Å²) in [6, 6.07) is 7.25. The molecule has 0 radical (unpaired) electrons. The molecule has 1 aliphatic carbocycles. The van der Waals surface area contributed by atoms with Gasteiger partial charge in [-0.3, -0.25) is 4.79 Å². The highest BCUT2D eigenvalue weighted by Gasteiger charge is 2.22. The van der Waals surface area contributed by atoms with E-state index in [1.54, 1.807) is 25.1 Å². The quantitative estimate of drug-likeness (QED) is 0.501. The number of aromatic hydroxyl groups is 1. The summed E-state index contributed by atoms with van der Waals surface area (Å²) >= 11 is 0. The molecule has 3 rings (SSSR count). The van der Waals surface area contributed by atoms with Crippen LogP contribution in [0.25, 0.3) is 0 Å². The number of phenols is 1. The summed E-state index contributed by atoms with van der Waals surface area (Å²) in [5.74, 6) is 0.157. The fourth-order valence-electron chi connectivity index (χ4n) is 2.89. The number of hydrogen-bond donors (Lipinski definition) is 2. The number of halogens is 1. The van der Waals surface area contributed by atoms with Crippen LogP contribution in [0.4, 0.5) is 10.1 Å². The Hall–Kier alpha value is -2.76. The van der Waals surface area contributed by atoms with Gasteiger partial charge in [0.25, 0.3) is 0 Å². The van der Waals surface area contributed by atoms with Crippen LogP contribution in [0.1, 0.15) is 60.4 Å². The van der Waals surface area contributed by atoms with Gasteiger partial charge >= 0.3 is 0 Å². The summed E-state index contributed by atoms with van der Waals surface area (Å²) in [5.41, 5.74) is 2.55. The number of carbonyl (C=O) groups excluding carboxylic acids is 1. The Labute approximate surface area is 158 Å². The number of anilines is 1. The van der Waals surface area contributed by atoms with Gasteiger partial charge in [-0.25, -0.2) is 4.39 Å². The Kier molecular flexibility index (Phi) is 6.16. The first-order valence-electron chi connectivity index (χ1n) is 9.28. The molecule has 2 N–H and O–H groups in total. The van der Waals surface area contributed by atoms with Gasteiger partial charge in [0.05, 0.1) is 6.20 Å². The average Bonchev–Trinajstić information content (AvgIpc) is 3.48. The summed E-state index contributed by atoms with van der Waals surface area (Å²) in [6.45, 7) is 1.73. The van der Waals surface area contributed by atoms with Crippen molar-refractivity contribution >= 4 is 11.5 Å². The van der Waals surface area contributed by atoms with E-state index < -0.39 is 6.17 Å². The molecule has 2 aromatic rings. The van der Waals surface area contributed by atoms with Crippen molar-refractivity contribution in [3.63, 3.8) is 0 Å². The molecular weight excluding hydrogens is 345 g/mol. The summed E-state index contributed by atoms with van der Waals surface area (Å²) in [6.07, 6.45) is 7.02. The minimum atomic E-state index is -1.36. The molecular formula is C21H24FN3O2. The molecule has 1 unspecified atom stereocenters. The van der Waals surface area contributed by atoms with Gasteiger partial charge in [-0.2, -0.15) is 10.2 Å². The van der Waals surface area contributed by atoms with Crippen molar-refractivity contribution in [3.05, 3.63) is 59.4 Å². The van der Waals surface area contributed by atoms with E-state index in [0.717, 1.165) is 30.5 Å². The van der Waals surface area contributed by atoms with Gasteiger partial charge in [0, 0.05) is 29.8 Å². The Morgan fingerprint density at radius 2 is 2.22 bits per heavy atom. The number of nitrogens with zero attached hydrogens (tertiary/aromatic N) is 2. The van der Waals surface area contributed by atoms with Gasteiger partial charge in [-0.1, -0.05) is 12.1 Å². The van der Waals surface area contributed by atoms with Gasteiger partial charge in [0.2, 0.25) is 0 Å². The molecule has 1 heterocycles. The number of carbonyl (C=O) groups is 1. The number of aryl methyl sites for hydroxylation is 1. The number of nitrogens with one attached hydrogen (secondary N) is 1. The van der Waals surface area contributed by atoms with Crippen LogP contribution >= 0.6 is 0 Å². The predicted octanol–water partition coefficient (Wildman–Crippen LogP) is 4.55. The molecule has 27 heavy (non-hydrogen) atoms. The Morgan fingerprint density at radius 3 is 2.96 bits per heavy atom. The molecule has 5 nitrogen and oxygen atoms in total. The number of benzene rings is 1. The Bertz CT molecular complexity index is 834. The normalized spacial score (nSPS) is 15.0. The summed E-state index contributed by atoms with van der Waals surface area (Å²) in [4.78, 5) is 12.4. The molecule has 142 valence electrons. The van der Waals surface area contributed by atoms with E-state index in [2.05, 4.69) is 15.5 Å². The lowest BCUT2D eigenvalue weighted by atomic mass is 10.0. The largest absolute Gasteiger partial charge is 0.508 e. The predicted molar refractivity (Wildman–Crippen MR) is 103 cm³/mol. The zero-order chi connectivity index (χ0) is 19.2. The van der Waals surface area contributed by atoms with Gasteiger partial charge in [-0.15, -0.1) is 0 Å². The lowest BCUT2D eigenvalue weighted by Crippen LogP contribution is -2.06. The van der Waals surface area contributed by atoms with E-state index in [1.165, 1.54) is 18.3 Å². The highest BCUT2D eigenvalue weighted by atomic mass is 19.1. The molecule has 1 saturated carbocycles. The van der Waals surface area contributed by atoms with Crippen LogP contribution in [-0.4, -0.2) is 27.1 Å². The number of rotatable bonds is 9. The van der Waals surface area contributed by atoms with Crippen LogP contribution in [0.3, 0.4) is 0 Å². The number of alkyl halides is 1. The molecule has 1 aromatic carbocycles. The number of allylic oxidation sites excluding steroid dienone is 2. The summed E-state index contributed by atoms with van der Waals surface area (Å²) < 4.78 is 13.9. The van der Waals surface area contributed by atoms with E-state index in [-0.39, 0.29) is 17.2 Å². The van der Waals surface area contributed by atoms with Crippen LogP contribution in [0.2, 0.25) is 0 Å². The third-order valence-corrected chi connectivity index (χ3v) is 4.52. The first-order chi connectivity index (χ1) is 13.1. The van der Waals surface area contributed by atoms with E-state index in [9.17, 15) is 14.3 Å². The van der Waals surface area contributed by atoms with E-state index >= 15 is 0 Å². The topological polar surface area (TPSA) is 75.1 Å². The van der Waals surface area contributed by atoms with Crippen molar-refractivity contribution in [2.45, 2.75) is 51.2 Å². The molecule has 0 bridgehead atoms. The lowest BCUT2D eigenvalue weighted by Gasteiger charge is -2.12. The monoisotopic (exact) mass is 369 g/mol. The van der Waals surface area contributed by atoms with Crippen molar-refractivity contribution in [1.82, 2.24) is 10.2 Å². The molecule has 1 atom stereocenters. The van der Waals surface area contributed by atoms with Crippen molar-refractivity contribution in [2.75, 3.05) is 5.32 Å². The summed E-state index contributed by atoms with van der Waals surface area (Å²) in [5, 5.41) is 20.6. The minimum Gasteiger partial charge on any atom is -0.508 e. The molecule has 0 amide bonds. The molecule has 1 aromatic heterocycles. The zero-order valence-electron chi connectivity index (χ0n) is 15.4. The maximum atomic E-state index is 13.9. The second kappa shape index (κ2) is 8.75. The van der Waals surface area contributed by atoms with Gasteiger partial charge in [0.1, 0.15) is 11.4 Å². The van der Waals surface area contributed by atoms with Crippen molar-refractivity contribution in [3.8, 4) is 5.75 Å². The fraction of sp³-hybridized carbons (Fsp3) is 0.381. The number of ketones is 1. The van der Waals surface area contributed by atoms with E-state index in [0.29, 0.717) is 24.4 Å². The van der Waals surface area contributed by atoms with Gasteiger partial charge in [0.15, 0.2) is 12.0 Å². The van der Waals surface area contributed by atoms with Crippen molar-refractivity contribution in [2.24, 2.45) is 0 Å². The number of aromatic nitrogens is 2. The van der Waals surface area contributed by atoms with Gasteiger partial charge < -0.3 is 10.4 Å². The second-order valence-electron chi connectivity index (χ2n) is 6.83. The molecule has 6 heteroatoms. The van der Waals surface area contributed by atoms with Crippen LogP contribution in [0.15, 0.2) is 42.6 Å². The highest BCUT2D eigenvalue weighted by molar-refractivity contribution is 5.95. The minimum absolute atomic E-state index is 0.0747. The van der Waals surface area contributed by atoms with E-state index in [1.807, 2.05) is 6.07 Å². The number of Topliss-reactive ketones (excluding diaryl/α,β-unsaturated/α-hetero) is 1. The lowest BCUT2D eigenvalue weighted by molar-refractivity contribution is 0.0979. The van der Waals surface area contributed by atoms with Crippen LogP contribution < -0.4 is 5.32 Å². The molecule has 0 spiro atoms. The molecule has 0 aliphatic heterocycles. The smallest absolute Gasteiger partial charge is 0.164 e. The van der Waals surface area contributed by atoms with Crippen molar-refractivity contribution in [1.29, 1.82) is 0 Å². The third kappa shape index (κ3) is 5.36. The maximum absolute atomic E-state index is 13.9. The summed E-state index contributed by atoms with van der Waals surface area (Å²) in [7, 11) is 0. The number of phenolic OH excluding ortho intramolecular Hbond substituents is 1. The molecule has 1 fully saturated rings. The number of hydrogen-bond acceptors (Lipinski definition) is 5. The van der Waals surface area contributed by atoms with E-state index in [4.69, 9.17) is 0 Å². The van der Waals surface area contributed by atoms with Crippen LogP contribution in [-0.2, 0) is 6.42 Å². The molecule has 0 saturated heterocycles. The third-order valence-electron chi connectivity index (χ3n) is 4.52. The average molecular weight is 369 g/mol. The second-order valence-corrected chi connectivity index (χ2v) is 6.83. The first-order valence-corrected chi connectivity index (χ1v) is 9.28. The molecule has 1 aliphatic rings. The highest BCUT2D eigenvalue weighted by Crippen LogP contribution is 2.30. The van der Waals surface area contributed by atoms with Crippen LogP contribution in [0, 0.1) is 0 Å².